The molecule has 1 fully saturated rings. The number of hydrogen-bond donors (Lipinski definition) is 1. The topological polar surface area (TPSA) is 54.9 Å². The quantitative estimate of drug-likeness (QED) is 0.876. The Kier molecular flexibility index (Phi) is 3.41. The highest BCUT2D eigenvalue weighted by Crippen LogP contribution is 2.43. The van der Waals surface area contributed by atoms with Gasteiger partial charge in [-0.25, -0.2) is 14.4 Å². The number of anilines is 1. The number of hydrogen-bond acceptors (Lipinski definition) is 4. The zero-order chi connectivity index (χ0) is 14.9. The molecule has 1 heterocycles. The van der Waals surface area contributed by atoms with Crippen molar-refractivity contribution in [1.82, 2.24) is 9.97 Å². The van der Waals surface area contributed by atoms with Crippen molar-refractivity contribution < 1.29 is 9.18 Å². The number of nitrogens with one attached hydrogen (secondary N) is 1. The van der Waals surface area contributed by atoms with Crippen molar-refractivity contribution in [3.63, 3.8) is 0 Å². The van der Waals surface area contributed by atoms with E-state index in [2.05, 4.69) is 15.3 Å². The lowest BCUT2D eigenvalue weighted by Crippen LogP contribution is -2.42. The van der Waals surface area contributed by atoms with Gasteiger partial charge in [0, 0.05) is 12.4 Å². The zero-order valence-corrected chi connectivity index (χ0v) is 11.8. The number of nitrogens with zero attached hydrogens (tertiary/aromatic N) is 2. The van der Waals surface area contributed by atoms with Crippen LogP contribution in [0, 0.1) is 5.82 Å². The van der Waals surface area contributed by atoms with Crippen molar-refractivity contribution in [2.45, 2.75) is 31.7 Å². The second kappa shape index (κ2) is 5.24. The minimum atomic E-state index is -0.240. The second-order valence-corrected chi connectivity index (χ2v) is 5.42. The Bertz CT molecular complexity index is 648. The summed E-state index contributed by atoms with van der Waals surface area (Å²) in [6, 6.07) is 6.53. The van der Waals surface area contributed by atoms with E-state index in [9.17, 15) is 9.18 Å². The van der Waals surface area contributed by atoms with Crippen molar-refractivity contribution >= 4 is 11.7 Å². The third kappa shape index (κ3) is 2.63. The molecule has 3 rings (SSSR count). The molecule has 4 nitrogen and oxygen atoms in total. The van der Waals surface area contributed by atoms with E-state index >= 15 is 0 Å². The fraction of sp³-hybridized carbons (Fsp3) is 0.312. The first-order valence-electron chi connectivity index (χ1n) is 6.96. The van der Waals surface area contributed by atoms with Gasteiger partial charge in [-0.3, -0.25) is 4.79 Å². The molecule has 0 aliphatic heterocycles. The van der Waals surface area contributed by atoms with E-state index in [-0.39, 0.29) is 17.1 Å². The van der Waals surface area contributed by atoms with Crippen LogP contribution in [0.25, 0.3) is 0 Å². The number of aromatic nitrogens is 2. The molecule has 0 unspecified atom stereocenters. The Labute approximate surface area is 122 Å². The number of ketones is 1. The van der Waals surface area contributed by atoms with Gasteiger partial charge in [0.05, 0.1) is 11.1 Å². The fourth-order valence-corrected chi connectivity index (χ4v) is 2.57. The number of carbonyl (C=O) groups is 1. The molecule has 1 aliphatic rings. The van der Waals surface area contributed by atoms with Gasteiger partial charge in [-0.15, -0.1) is 0 Å². The molecule has 0 spiro atoms. The maximum atomic E-state index is 13.1. The maximum absolute atomic E-state index is 13.1. The summed E-state index contributed by atoms with van der Waals surface area (Å²) in [5.41, 5.74) is 1.30. The van der Waals surface area contributed by atoms with Gasteiger partial charge in [-0.05, 0) is 43.9 Å². The van der Waals surface area contributed by atoms with E-state index < -0.39 is 0 Å². The van der Waals surface area contributed by atoms with Crippen LogP contribution >= 0.6 is 0 Å². The molecular weight excluding hydrogens is 269 g/mol. The standard InChI is InChI=1S/C16H16FN3O/c1-11(21)12-9-18-15(19-10-12)20-16(7-2-8-16)13-3-5-14(17)6-4-13/h3-6,9-10H,2,7-8H2,1H3,(H,18,19,20). The van der Waals surface area contributed by atoms with Crippen molar-refractivity contribution in [2.24, 2.45) is 0 Å². The minimum Gasteiger partial charge on any atom is -0.345 e. The Balaban J connectivity index is 1.83. The minimum absolute atomic E-state index is 0.0570. The SMILES string of the molecule is CC(=O)c1cnc(NC2(c3ccc(F)cc3)CCC2)nc1. The zero-order valence-electron chi connectivity index (χ0n) is 11.8. The van der Waals surface area contributed by atoms with E-state index in [1.54, 1.807) is 12.1 Å². The number of halogens is 1. The van der Waals surface area contributed by atoms with Gasteiger partial charge in [0.15, 0.2) is 5.78 Å². The Hall–Kier alpha value is -2.30. The van der Waals surface area contributed by atoms with E-state index in [0.717, 1.165) is 24.8 Å². The number of benzene rings is 1. The third-order valence-corrected chi connectivity index (χ3v) is 4.01. The van der Waals surface area contributed by atoms with Gasteiger partial charge < -0.3 is 5.32 Å². The van der Waals surface area contributed by atoms with Gasteiger partial charge in [-0.1, -0.05) is 12.1 Å². The predicted molar refractivity (Wildman–Crippen MR) is 77.6 cm³/mol. The van der Waals surface area contributed by atoms with E-state index in [4.69, 9.17) is 0 Å². The van der Waals surface area contributed by atoms with Crippen LogP contribution in [-0.2, 0) is 5.54 Å². The predicted octanol–water partition coefficient (Wildman–Crippen LogP) is 3.31. The third-order valence-electron chi connectivity index (χ3n) is 4.01. The largest absolute Gasteiger partial charge is 0.345 e. The molecule has 0 atom stereocenters. The Morgan fingerprint density at radius 3 is 2.29 bits per heavy atom. The van der Waals surface area contributed by atoms with Crippen LogP contribution in [0.15, 0.2) is 36.7 Å². The van der Waals surface area contributed by atoms with Crippen LogP contribution in [-0.4, -0.2) is 15.8 Å². The van der Waals surface area contributed by atoms with E-state index in [1.807, 2.05) is 0 Å². The summed E-state index contributed by atoms with van der Waals surface area (Å²) >= 11 is 0. The number of carbonyl (C=O) groups excluding carboxylic acids is 1. The number of Topliss-reactive ketones (excluding diaryl/α,β-unsaturated/α-hetero) is 1. The molecule has 1 aromatic heterocycles. The summed E-state index contributed by atoms with van der Waals surface area (Å²) in [4.78, 5) is 19.6. The lowest BCUT2D eigenvalue weighted by Gasteiger charge is -2.43. The molecule has 1 aromatic carbocycles. The summed E-state index contributed by atoms with van der Waals surface area (Å²) in [5, 5.41) is 3.34. The fourth-order valence-electron chi connectivity index (χ4n) is 2.57. The summed E-state index contributed by atoms with van der Waals surface area (Å²) in [6.45, 7) is 1.48. The van der Waals surface area contributed by atoms with Gasteiger partial charge in [-0.2, -0.15) is 0 Å². The van der Waals surface area contributed by atoms with Crippen LogP contribution in [0.4, 0.5) is 10.3 Å². The average molecular weight is 285 g/mol. The van der Waals surface area contributed by atoms with Crippen LogP contribution < -0.4 is 5.32 Å². The summed E-state index contributed by atoms with van der Waals surface area (Å²) in [5.74, 6) is 0.192. The maximum Gasteiger partial charge on any atom is 0.223 e. The summed E-state index contributed by atoms with van der Waals surface area (Å²) in [6.07, 6.45) is 6.06. The molecule has 1 N–H and O–H groups in total. The molecule has 0 radical (unpaired) electrons. The molecule has 0 amide bonds. The van der Waals surface area contributed by atoms with Crippen molar-refractivity contribution in [3.05, 3.63) is 53.6 Å². The Morgan fingerprint density at radius 2 is 1.81 bits per heavy atom. The average Bonchev–Trinajstić information content (AvgIpc) is 2.44. The summed E-state index contributed by atoms with van der Waals surface area (Å²) < 4.78 is 13.1. The highest BCUT2D eigenvalue weighted by molar-refractivity contribution is 5.93. The lowest BCUT2D eigenvalue weighted by molar-refractivity contribution is 0.101. The molecule has 1 saturated carbocycles. The molecule has 0 bridgehead atoms. The molecule has 0 saturated heterocycles. The van der Waals surface area contributed by atoms with Crippen LogP contribution in [0.3, 0.4) is 0 Å². The van der Waals surface area contributed by atoms with E-state index in [0.29, 0.717) is 11.5 Å². The van der Waals surface area contributed by atoms with Crippen LogP contribution in [0.5, 0.6) is 0 Å². The first-order chi connectivity index (χ1) is 10.1. The molecule has 5 heteroatoms. The molecule has 21 heavy (non-hydrogen) atoms. The first kappa shape index (κ1) is 13.7. The second-order valence-electron chi connectivity index (χ2n) is 5.42. The molecular formula is C16H16FN3O. The van der Waals surface area contributed by atoms with Crippen molar-refractivity contribution in [3.8, 4) is 0 Å². The van der Waals surface area contributed by atoms with Gasteiger partial charge >= 0.3 is 0 Å². The van der Waals surface area contributed by atoms with Crippen molar-refractivity contribution in [2.75, 3.05) is 5.32 Å². The monoisotopic (exact) mass is 285 g/mol. The highest BCUT2D eigenvalue weighted by atomic mass is 19.1. The van der Waals surface area contributed by atoms with Gasteiger partial charge in [0.25, 0.3) is 0 Å². The van der Waals surface area contributed by atoms with Crippen LogP contribution in [0.2, 0.25) is 0 Å². The van der Waals surface area contributed by atoms with Crippen molar-refractivity contribution in [1.29, 1.82) is 0 Å². The highest BCUT2D eigenvalue weighted by Gasteiger charge is 2.39. The van der Waals surface area contributed by atoms with E-state index in [1.165, 1.54) is 31.5 Å². The number of rotatable bonds is 4. The first-order valence-corrected chi connectivity index (χ1v) is 6.96. The van der Waals surface area contributed by atoms with Crippen LogP contribution in [0.1, 0.15) is 42.1 Å². The van der Waals surface area contributed by atoms with Gasteiger partial charge in [0.1, 0.15) is 5.82 Å². The summed E-state index contributed by atoms with van der Waals surface area (Å²) in [7, 11) is 0. The lowest BCUT2D eigenvalue weighted by atomic mass is 9.72. The smallest absolute Gasteiger partial charge is 0.223 e. The molecule has 108 valence electrons. The molecule has 2 aromatic rings. The molecule has 1 aliphatic carbocycles. The normalized spacial score (nSPS) is 16.1. The Morgan fingerprint density at radius 1 is 1.19 bits per heavy atom. The van der Waals surface area contributed by atoms with Gasteiger partial charge in [0.2, 0.25) is 5.95 Å².